The van der Waals surface area contributed by atoms with Crippen LogP contribution in [0.1, 0.15) is 58.2 Å². The Kier molecular flexibility index (Phi) is 8.03. The van der Waals surface area contributed by atoms with Gasteiger partial charge in [-0.25, -0.2) is 4.79 Å². The molecule has 0 bridgehead atoms. The van der Waals surface area contributed by atoms with E-state index in [1.54, 1.807) is 4.90 Å². The molecule has 1 aliphatic heterocycles. The molecule has 0 saturated carbocycles. The van der Waals surface area contributed by atoms with Crippen LogP contribution in [0.3, 0.4) is 0 Å². The maximum atomic E-state index is 13.2. The molecule has 6 nitrogen and oxygen atoms in total. The molecule has 0 N–H and O–H groups in total. The summed E-state index contributed by atoms with van der Waals surface area (Å²) in [6, 6.07) is 20.5. The van der Waals surface area contributed by atoms with Crippen molar-refractivity contribution in [2.24, 2.45) is 5.41 Å². The number of esters is 1. The molecule has 184 valence electrons. The second-order valence-electron chi connectivity index (χ2n) is 10.4. The van der Waals surface area contributed by atoms with Gasteiger partial charge in [0.15, 0.2) is 0 Å². The maximum absolute atomic E-state index is 13.2. The standard InChI is InChI=1S/C28H38N2O4/c1-21(23-15-11-8-12-16-23)30(19-22-13-9-7-10-14-22)24-17-18-29(26(32)34-27(2,3)4)20-28(24,5)25(31)33-6/h7-16,21,24H,17-20H2,1-6H3/t21-,24?,28?/m1/s1. The van der Waals surface area contributed by atoms with Crippen molar-refractivity contribution in [3.05, 3.63) is 71.8 Å². The third kappa shape index (κ3) is 5.98. The van der Waals surface area contributed by atoms with Crippen LogP contribution in [0.2, 0.25) is 0 Å². The summed E-state index contributed by atoms with van der Waals surface area (Å²) in [4.78, 5) is 30.1. The molecule has 2 unspecified atom stereocenters. The monoisotopic (exact) mass is 466 g/mol. The molecule has 0 spiro atoms. The van der Waals surface area contributed by atoms with Crippen LogP contribution in [0.4, 0.5) is 4.79 Å². The van der Waals surface area contributed by atoms with Gasteiger partial charge in [0, 0.05) is 31.7 Å². The first-order valence-corrected chi connectivity index (χ1v) is 12.0. The van der Waals surface area contributed by atoms with Crippen LogP contribution < -0.4 is 0 Å². The fraction of sp³-hybridized carbons (Fsp3) is 0.500. The van der Waals surface area contributed by atoms with Crippen LogP contribution in [-0.2, 0) is 20.8 Å². The van der Waals surface area contributed by atoms with Crippen LogP contribution in [0, 0.1) is 5.41 Å². The van der Waals surface area contributed by atoms with Gasteiger partial charge in [-0.15, -0.1) is 0 Å². The third-order valence-electron chi connectivity index (χ3n) is 6.62. The van der Waals surface area contributed by atoms with Gasteiger partial charge in [0.2, 0.25) is 0 Å². The zero-order chi connectivity index (χ0) is 24.9. The average molecular weight is 467 g/mol. The quantitative estimate of drug-likeness (QED) is 0.531. The summed E-state index contributed by atoms with van der Waals surface area (Å²) in [6.07, 6.45) is 0.237. The first kappa shape index (κ1) is 25.8. The number of ether oxygens (including phenoxy) is 2. The van der Waals surface area contributed by atoms with E-state index in [0.29, 0.717) is 19.5 Å². The Labute approximate surface area is 203 Å². The maximum Gasteiger partial charge on any atom is 0.410 e. The molecular formula is C28H38N2O4. The van der Waals surface area contributed by atoms with E-state index in [4.69, 9.17) is 9.47 Å². The molecule has 1 heterocycles. The third-order valence-corrected chi connectivity index (χ3v) is 6.62. The van der Waals surface area contributed by atoms with Gasteiger partial charge in [0.05, 0.1) is 12.5 Å². The van der Waals surface area contributed by atoms with Gasteiger partial charge in [-0.3, -0.25) is 9.69 Å². The Morgan fingerprint density at radius 2 is 1.68 bits per heavy atom. The van der Waals surface area contributed by atoms with Gasteiger partial charge in [-0.1, -0.05) is 60.7 Å². The molecule has 0 aliphatic carbocycles. The fourth-order valence-corrected chi connectivity index (χ4v) is 4.86. The van der Waals surface area contributed by atoms with Gasteiger partial charge < -0.3 is 14.4 Å². The number of nitrogens with zero attached hydrogens (tertiary/aromatic N) is 2. The van der Waals surface area contributed by atoms with Gasteiger partial charge in [-0.05, 0) is 52.2 Å². The van der Waals surface area contributed by atoms with Crippen LogP contribution in [0.15, 0.2) is 60.7 Å². The van der Waals surface area contributed by atoms with Crippen LogP contribution in [0.5, 0.6) is 0 Å². The molecule has 0 aromatic heterocycles. The number of amides is 1. The summed E-state index contributed by atoms with van der Waals surface area (Å²) < 4.78 is 10.9. The first-order chi connectivity index (χ1) is 16.0. The predicted octanol–water partition coefficient (Wildman–Crippen LogP) is 5.44. The van der Waals surface area contributed by atoms with Crippen molar-refractivity contribution in [1.82, 2.24) is 9.80 Å². The second-order valence-corrected chi connectivity index (χ2v) is 10.4. The van der Waals surface area contributed by atoms with E-state index < -0.39 is 17.1 Å². The predicted molar refractivity (Wildman–Crippen MR) is 133 cm³/mol. The molecule has 1 amide bonds. The minimum Gasteiger partial charge on any atom is -0.469 e. The molecule has 2 aromatic rings. The van der Waals surface area contributed by atoms with Crippen LogP contribution in [0.25, 0.3) is 0 Å². The Hall–Kier alpha value is -2.86. The van der Waals surface area contributed by atoms with E-state index in [2.05, 4.69) is 36.1 Å². The number of methoxy groups -OCH3 is 1. The molecule has 1 saturated heterocycles. The van der Waals surface area contributed by atoms with Crippen molar-refractivity contribution in [1.29, 1.82) is 0 Å². The number of rotatable bonds is 6. The van der Waals surface area contributed by atoms with E-state index >= 15 is 0 Å². The van der Waals surface area contributed by atoms with Crippen molar-refractivity contribution < 1.29 is 19.1 Å². The summed E-state index contributed by atoms with van der Waals surface area (Å²) in [7, 11) is 1.42. The van der Waals surface area contributed by atoms with Crippen LogP contribution in [-0.4, -0.2) is 53.7 Å². The summed E-state index contributed by atoms with van der Waals surface area (Å²) >= 11 is 0. The number of hydrogen-bond donors (Lipinski definition) is 0. The molecule has 1 aliphatic rings. The molecule has 3 rings (SSSR count). The average Bonchev–Trinajstić information content (AvgIpc) is 2.82. The fourth-order valence-electron chi connectivity index (χ4n) is 4.86. The zero-order valence-corrected chi connectivity index (χ0v) is 21.3. The minimum absolute atomic E-state index is 0.0588. The highest BCUT2D eigenvalue weighted by Crippen LogP contribution is 2.40. The molecule has 34 heavy (non-hydrogen) atoms. The minimum atomic E-state index is -0.915. The largest absolute Gasteiger partial charge is 0.469 e. The topological polar surface area (TPSA) is 59.1 Å². The van der Waals surface area contributed by atoms with Crippen molar-refractivity contribution in [3.8, 4) is 0 Å². The highest BCUT2D eigenvalue weighted by molar-refractivity contribution is 5.79. The smallest absolute Gasteiger partial charge is 0.410 e. The Bertz CT molecular complexity index is 957. The lowest BCUT2D eigenvalue weighted by Gasteiger charge is -2.50. The molecule has 0 radical (unpaired) electrons. The Morgan fingerprint density at radius 1 is 1.09 bits per heavy atom. The number of piperidine rings is 1. The van der Waals surface area contributed by atoms with Crippen molar-refractivity contribution >= 4 is 12.1 Å². The molecule has 1 fully saturated rings. The van der Waals surface area contributed by atoms with E-state index in [1.807, 2.05) is 64.1 Å². The van der Waals surface area contributed by atoms with Gasteiger partial charge in [0.1, 0.15) is 5.60 Å². The lowest BCUT2D eigenvalue weighted by molar-refractivity contribution is -0.162. The van der Waals surface area contributed by atoms with Crippen molar-refractivity contribution in [3.63, 3.8) is 0 Å². The summed E-state index contributed by atoms with van der Waals surface area (Å²) in [5.74, 6) is -0.316. The highest BCUT2D eigenvalue weighted by atomic mass is 16.6. The van der Waals surface area contributed by atoms with E-state index in [0.717, 1.165) is 0 Å². The Balaban J connectivity index is 1.97. The molecule has 2 aromatic carbocycles. The number of hydrogen-bond acceptors (Lipinski definition) is 5. The number of carbonyl (C=O) groups excluding carboxylic acids is 2. The SMILES string of the molecule is COC(=O)C1(C)CN(C(=O)OC(C)(C)C)CCC1N(Cc1ccccc1)[C@H](C)c1ccccc1. The first-order valence-electron chi connectivity index (χ1n) is 12.0. The van der Waals surface area contributed by atoms with Gasteiger partial charge in [0.25, 0.3) is 0 Å². The van der Waals surface area contributed by atoms with E-state index in [9.17, 15) is 9.59 Å². The second kappa shape index (κ2) is 10.6. The normalized spacial score (nSPS) is 21.7. The van der Waals surface area contributed by atoms with Crippen LogP contribution >= 0.6 is 0 Å². The molecular weight excluding hydrogens is 428 g/mol. The van der Waals surface area contributed by atoms with Crippen molar-refractivity contribution in [2.75, 3.05) is 20.2 Å². The number of benzene rings is 2. The number of likely N-dealkylation sites (tertiary alicyclic amines) is 1. The van der Waals surface area contributed by atoms with Crippen molar-refractivity contribution in [2.45, 2.75) is 65.3 Å². The lowest BCUT2D eigenvalue weighted by Crippen LogP contribution is -2.61. The zero-order valence-electron chi connectivity index (χ0n) is 21.3. The molecule has 6 heteroatoms. The summed E-state index contributed by atoms with van der Waals surface area (Å²) in [5, 5.41) is 0. The summed E-state index contributed by atoms with van der Waals surface area (Å²) in [5.41, 5.74) is 0.839. The highest BCUT2D eigenvalue weighted by Gasteiger charge is 2.51. The summed E-state index contributed by atoms with van der Waals surface area (Å²) in [6.45, 7) is 11.1. The number of carbonyl (C=O) groups is 2. The van der Waals surface area contributed by atoms with Gasteiger partial charge in [-0.2, -0.15) is 0 Å². The molecule has 3 atom stereocenters. The van der Waals surface area contributed by atoms with E-state index in [-0.39, 0.29) is 24.6 Å². The Morgan fingerprint density at radius 3 is 2.24 bits per heavy atom. The van der Waals surface area contributed by atoms with Gasteiger partial charge >= 0.3 is 12.1 Å². The van der Waals surface area contributed by atoms with E-state index in [1.165, 1.54) is 18.2 Å². The lowest BCUT2D eigenvalue weighted by atomic mass is 9.75.